The standard InChI is InChI=1S/C20H23FN6O/c21-14-3-1-13(2-4-14)10-26-11-16-9-15(26)12-27(16)20-23-8-6-18(25-20)24-17-5-7-22-19(17)28/h1-4,6,8,15-17H,5,7,9-12H2,(H,22,28)(H,23,24,25)/t15?,16?,17-/m0/s1. The van der Waals surface area contributed by atoms with E-state index >= 15 is 0 Å². The molecule has 7 nitrogen and oxygen atoms in total. The van der Waals surface area contributed by atoms with Gasteiger partial charge in [-0.1, -0.05) is 12.1 Å². The van der Waals surface area contributed by atoms with Gasteiger partial charge in [0.2, 0.25) is 11.9 Å². The van der Waals surface area contributed by atoms with Crippen molar-refractivity contribution in [3.63, 3.8) is 0 Å². The summed E-state index contributed by atoms with van der Waals surface area (Å²) in [5.41, 5.74) is 1.14. The van der Waals surface area contributed by atoms with Gasteiger partial charge in [0.15, 0.2) is 0 Å². The molecule has 1 aromatic heterocycles. The Bertz CT molecular complexity index is 875. The number of amides is 1. The normalized spacial score (nSPS) is 26.7. The maximum atomic E-state index is 13.1. The van der Waals surface area contributed by atoms with Crippen LogP contribution in [-0.4, -0.2) is 58.5 Å². The number of rotatable bonds is 5. The van der Waals surface area contributed by atoms with Crippen LogP contribution in [0, 0.1) is 5.82 Å². The number of carbonyl (C=O) groups is 1. The monoisotopic (exact) mass is 382 g/mol. The van der Waals surface area contributed by atoms with E-state index in [4.69, 9.17) is 0 Å². The summed E-state index contributed by atoms with van der Waals surface area (Å²) in [6.45, 7) is 3.38. The molecule has 5 rings (SSSR count). The highest BCUT2D eigenvalue weighted by Gasteiger charge is 2.44. The van der Waals surface area contributed by atoms with Crippen molar-refractivity contribution in [3.8, 4) is 0 Å². The topological polar surface area (TPSA) is 73.4 Å². The molecule has 1 amide bonds. The summed E-state index contributed by atoms with van der Waals surface area (Å²) in [4.78, 5) is 25.6. The molecule has 146 valence electrons. The Labute approximate surface area is 163 Å². The molecule has 4 heterocycles. The predicted molar refractivity (Wildman–Crippen MR) is 103 cm³/mol. The molecular weight excluding hydrogens is 359 g/mol. The zero-order valence-electron chi connectivity index (χ0n) is 15.5. The number of benzene rings is 1. The lowest BCUT2D eigenvalue weighted by Crippen LogP contribution is -2.46. The maximum absolute atomic E-state index is 13.1. The van der Waals surface area contributed by atoms with E-state index in [0.29, 0.717) is 24.4 Å². The molecule has 28 heavy (non-hydrogen) atoms. The van der Waals surface area contributed by atoms with Crippen LogP contribution in [0.25, 0.3) is 0 Å². The van der Waals surface area contributed by atoms with Gasteiger partial charge >= 0.3 is 0 Å². The van der Waals surface area contributed by atoms with E-state index in [0.717, 1.165) is 44.0 Å². The van der Waals surface area contributed by atoms with Crippen molar-refractivity contribution in [2.75, 3.05) is 29.9 Å². The quantitative estimate of drug-likeness (QED) is 0.814. The fraction of sp³-hybridized carbons (Fsp3) is 0.450. The Hall–Kier alpha value is -2.74. The zero-order valence-corrected chi connectivity index (χ0v) is 15.5. The fourth-order valence-electron chi connectivity index (χ4n) is 4.49. The molecule has 3 aliphatic rings. The first-order valence-electron chi connectivity index (χ1n) is 9.78. The third-order valence-corrected chi connectivity index (χ3v) is 5.92. The molecule has 1 aromatic carbocycles. The number of fused-ring (bicyclic) bond motifs is 2. The molecule has 2 unspecified atom stereocenters. The van der Waals surface area contributed by atoms with Crippen LogP contribution in [0.2, 0.25) is 0 Å². The molecule has 3 atom stereocenters. The summed E-state index contributed by atoms with van der Waals surface area (Å²) in [5.74, 6) is 1.24. The van der Waals surface area contributed by atoms with Crippen LogP contribution in [0.5, 0.6) is 0 Å². The van der Waals surface area contributed by atoms with Crippen LogP contribution >= 0.6 is 0 Å². The summed E-state index contributed by atoms with van der Waals surface area (Å²) in [7, 11) is 0. The number of carbonyl (C=O) groups excluding carboxylic acids is 1. The second-order valence-corrected chi connectivity index (χ2v) is 7.77. The molecule has 2 N–H and O–H groups in total. The molecule has 0 radical (unpaired) electrons. The van der Waals surface area contributed by atoms with Crippen molar-refractivity contribution in [1.82, 2.24) is 20.2 Å². The van der Waals surface area contributed by atoms with E-state index < -0.39 is 0 Å². The van der Waals surface area contributed by atoms with Crippen molar-refractivity contribution in [1.29, 1.82) is 0 Å². The summed E-state index contributed by atoms with van der Waals surface area (Å²) in [6, 6.07) is 9.19. The smallest absolute Gasteiger partial charge is 0.242 e. The van der Waals surface area contributed by atoms with Gasteiger partial charge in [-0.05, 0) is 36.6 Å². The first kappa shape index (κ1) is 17.4. The van der Waals surface area contributed by atoms with E-state index in [1.54, 1.807) is 6.20 Å². The third-order valence-electron chi connectivity index (χ3n) is 5.92. The van der Waals surface area contributed by atoms with Gasteiger partial charge in [0.1, 0.15) is 17.7 Å². The molecule has 2 aromatic rings. The third kappa shape index (κ3) is 3.28. The van der Waals surface area contributed by atoms with Gasteiger partial charge in [-0.15, -0.1) is 0 Å². The minimum absolute atomic E-state index is 0.0248. The lowest BCUT2D eigenvalue weighted by molar-refractivity contribution is -0.119. The average Bonchev–Trinajstić information content (AvgIpc) is 3.40. The van der Waals surface area contributed by atoms with Crippen molar-refractivity contribution >= 4 is 17.7 Å². The first-order chi connectivity index (χ1) is 13.7. The molecule has 3 saturated heterocycles. The molecule has 3 fully saturated rings. The molecule has 8 heteroatoms. The minimum atomic E-state index is -0.219. The van der Waals surface area contributed by atoms with E-state index in [-0.39, 0.29) is 17.8 Å². The Morgan fingerprint density at radius 2 is 2.04 bits per heavy atom. The van der Waals surface area contributed by atoms with E-state index in [9.17, 15) is 9.18 Å². The van der Waals surface area contributed by atoms with Crippen LogP contribution in [0.1, 0.15) is 18.4 Å². The van der Waals surface area contributed by atoms with Gasteiger partial charge in [0.25, 0.3) is 0 Å². The number of hydrogen-bond donors (Lipinski definition) is 2. The number of halogens is 1. The highest BCUT2D eigenvalue weighted by Crippen LogP contribution is 2.34. The van der Waals surface area contributed by atoms with Gasteiger partial charge in [-0.25, -0.2) is 9.37 Å². The first-order valence-corrected chi connectivity index (χ1v) is 9.78. The SMILES string of the molecule is O=C1NCC[C@@H]1Nc1ccnc(N2CC3CC2CN3Cc2ccc(F)cc2)n1. The molecule has 0 spiro atoms. The summed E-state index contributed by atoms with van der Waals surface area (Å²) >= 11 is 0. The van der Waals surface area contributed by atoms with Gasteiger partial charge < -0.3 is 15.5 Å². The highest BCUT2D eigenvalue weighted by atomic mass is 19.1. The van der Waals surface area contributed by atoms with Crippen molar-refractivity contribution in [3.05, 3.63) is 47.9 Å². The summed E-state index contributed by atoms with van der Waals surface area (Å²) in [5, 5.41) is 6.04. The average molecular weight is 382 g/mol. The van der Waals surface area contributed by atoms with Crippen molar-refractivity contribution in [2.45, 2.75) is 37.5 Å². The molecular formula is C20H23FN6O. The largest absolute Gasteiger partial charge is 0.358 e. The second kappa shape index (κ2) is 7.01. The molecule has 3 aliphatic heterocycles. The van der Waals surface area contributed by atoms with E-state index in [1.807, 2.05) is 18.2 Å². The minimum Gasteiger partial charge on any atom is -0.358 e. The van der Waals surface area contributed by atoms with Crippen LogP contribution in [0.3, 0.4) is 0 Å². The van der Waals surface area contributed by atoms with Gasteiger partial charge in [-0.2, -0.15) is 4.98 Å². The van der Waals surface area contributed by atoms with Crippen LogP contribution < -0.4 is 15.5 Å². The van der Waals surface area contributed by atoms with Crippen LogP contribution in [0.15, 0.2) is 36.5 Å². The highest BCUT2D eigenvalue weighted by molar-refractivity contribution is 5.86. The molecule has 0 aliphatic carbocycles. The summed E-state index contributed by atoms with van der Waals surface area (Å²) < 4.78 is 13.1. The molecule has 2 bridgehead atoms. The zero-order chi connectivity index (χ0) is 19.1. The predicted octanol–water partition coefficient (Wildman–Crippen LogP) is 1.38. The number of nitrogens with one attached hydrogen (secondary N) is 2. The summed E-state index contributed by atoms with van der Waals surface area (Å²) in [6.07, 6.45) is 3.61. The van der Waals surface area contributed by atoms with Gasteiger partial charge in [-0.3, -0.25) is 9.69 Å². The molecule has 0 saturated carbocycles. The number of piperazine rings is 1. The van der Waals surface area contributed by atoms with Crippen molar-refractivity contribution < 1.29 is 9.18 Å². The van der Waals surface area contributed by atoms with Crippen LogP contribution in [-0.2, 0) is 11.3 Å². The number of nitrogens with zero attached hydrogens (tertiary/aromatic N) is 4. The maximum Gasteiger partial charge on any atom is 0.242 e. The Kier molecular flexibility index (Phi) is 4.35. The number of hydrogen-bond acceptors (Lipinski definition) is 6. The number of likely N-dealkylation sites (tertiary alicyclic amines) is 1. The lowest BCUT2D eigenvalue weighted by atomic mass is 10.2. The fourth-order valence-corrected chi connectivity index (χ4v) is 4.49. The Balaban J connectivity index is 1.24. The van der Waals surface area contributed by atoms with E-state index in [2.05, 4.69) is 30.4 Å². The lowest BCUT2D eigenvalue weighted by Gasteiger charge is -2.34. The van der Waals surface area contributed by atoms with Gasteiger partial charge in [0, 0.05) is 44.5 Å². The van der Waals surface area contributed by atoms with Crippen LogP contribution in [0.4, 0.5) is 16.2 Å². The number of anilines is 2. The number of aromatic nitrogens is 2. The Morgan fingerprint density at radius 3 is 2.75 bits per heavy atom. The van der Waals surface area contributed by atoms with E-state index in [1.165, 1.54) is 12.1 Å². The van der Waals surface area contributed by atoms with Gasteiger partial charge in [0.05, 0.1) is 0 Å². The van der Waals surface area contributed by atoms with Crippen molar-refractivity contribution in [2.24, 2.45) is 0 Å². The Morgan fingerprint density at radius 1 is 1.18 bits per heavy atom. The second-order valence-electron chi connectivity index (χ2n) is 7.77.